The van der Waals surface area contributed by atoms with Gasteiger partial charge in [-0.3, -0.25) is 4.79 Å². The zero-order valence-corrected chi connectivity index (χ0v) is 7.97. The third-order valence-corrected chi connectivity index (χ3v) is 2.77. The van der Waals surface area contributed by atoms with E-state index < -0.39 is 0 Å². The molecule has 0 radical (unpaired) electrons. The van der Waals surface area contributed by atoms with Gasteiger partial charge in [-0.1, -0.05) is 10.8 Å². The zero-order valence-electron chi connectivity index (χ0n) is 7.34. The maximum atomic E-state index is 10.4. The van der Waals surface area contributed by atoms with Gasteiger partial charge in [0.1, 0.15) is 7.73 Å². The largest absolute Gasteiger partial charge is 0.464 e. The highest BCUT2D eigenvalue weighted by Crippen LogP contribution is 2.27. The van der Waals surface area contributed by atoms with Gasteiger partial charge >= 0.3 is 5.97 Å². The van der Waals surface area contributed by atoms with Crippen LogP contribution in [0.3, 0.4) is 0 Å². The molecule has 0 heterocycles. The van der Waals surface area contributed by atoms with Crippen LogP contribution in [0.5, 0.6) is 0 Å². The van der Waals surface area contributed by atoms with Crippen molar-refractivity contribution in [2.24, 2.45) is 0 Å². The van der Waals surface area contributed by atoms with Gasteiger partial charge in [0.2, 0.25) is 0 Å². The van der Waals surface area contributed by atoms with Gasteiger partial charge in [0.25, 0.3) is 0 Å². The summed E-state index contributed by atoms with van der Waals surface area (Å²) in [5.41, 5.74) is 0. The Hall–Kier alpha value is 0.170. The van der Waals surface area contributed by atoms with E-state index in [4.69, 9.17) is 5.86 Å². The van der Waals surface area contributed by atoms with E-state index in [2.05, 4.69) is 0 Å². The Labute approximate surface area is 71.6 Å². The molecule has 0 saturated carbocycles. The van der Waals surface area contributed by atoms with Crippen LogP contribution < -0.4 is 0 Å². The number of esters is 1. The highest BCUT2D eigenvalue weighted by Gasteiger charge is 2.17. The van der Waals surface area contributed by atoms with Crippen LogP contribution in [-0.2, 0) is 9.53 Å². The first kappa shape index (κ1) is 8.27. The summed E-state index contributed by atoms with van der Waals surface area (Å²) in [4.78, 5) is 10.4. The Balaban J connectivity index is 3.63. The lowest BCUT2D eigenvalue weighted by molar-refractivity contribution is -0.141. The number of thiol groups is 1. The molecule has 0 aromatic rings. The second-order valence-electron chi connectivity index (χ2n) is 2.62. The van der Waals surface area contributed by atoms with Crippen LogP contribution in [0.25, 0.3) is 0 Å². The molecule has 0 aromatic heterocycles. The fourth-order valence-corrected chi connectivity index (χ4v) is 0.551. The van der Waals surface area contributed by atoms with Crippen LogP contribution in [-0.4, -0.2) is 18.4 Å². The Morgan fingerprint density at radius 1 is 1.90 bits per heavy atom. The van der Waals surface area contributed by atoms with Gasteiger partial charge < -0.3 is 4.74 Å². The Kier molecular flexibility index (Phi) is 3.42. The molecule has 60 valence electrons. The van der Waals surface area contributed by atoms with E-state index in [1.54, 1.807) is 0 Å². The molecule has 0 rings (SSSR count). The van der Waals surface area contributed by atoms with E-state index in [9.17, 15) is 4.79 Å². The van der Waals surface area contributed by atoms with Gasteiger partial charge in [-0.05, 0) is 13.8 Å². The molecule has 2 nitrogen and oxygen atoms in total. The maximum Gasteiger partial charge on any atom is 0.302 e. The smallest absolute Gasteiger partial charge is 0.302 e. The molecule has 0 bridgehead atoms. The summed E-state index contributed by atoms with van der Waals surface area (Å²) in [6, 6.07) is 0. The highest BCUT2D eigenvalue weighted by atomic mass is 33.1. The van der Waals surface area contributed by atoms with Gasteiger partial charge in [0, 0.05) is 6.92 Å². The molecule has 4 heteroatoms. The molecule has 0 atom stereocenters. The minimum atomic E-state index is -0.270. The van der Waals surface area contributed by atoms with Crippen LogP contribution in [0.2, 0.25) is 0 Å². The second-order valence-corrected chi connectivity index (χ2v) is 4.40. The third kappa shape index (κ3) is 4.99. The summed E-state index contributed by atoms with van der Waals surface area (Å²) >= 11 is 0.936. The summed E-state index contributed by atoms with van der Waals surface area (Å²) in [7, 11) is 1.38. The molecular weight excluding hydrogens is 168 g/mol. The van der Waals surface area contributed by atoms with Gasteiger partial charge in [0.05, 0.1) is 4.75 Å². The molecule has 0 N–H and O–H groups in total. The Bertz CT molecular complexity index is 139. The van der Waals surface area contributed by atoms with Crippen molar-refractivity contribution >= 4 is 28.3 Å². The molecule has 0 fully saturated rings. The molecule has 0 aliphatic carbocycles. The topological polar surface area (TPSA) is 26.3 Å². The normalized spacial score (nSPS) is 12.5. The number of hydrogen-bond acceptors (Lipinski definition) is 4. The average molecular weight is 181 g/mol. The summed E-state index contributed by atoms with van der Waals surface area (Å²) in [5.74, 6) is -0.270. The molecule has 0 amide bonds. The molecule has 0 saturated heterocycles. The van der Waals surface area contributed by atoms with Crippen molar-refractivity contribution in [1.82, 2.24) is 0 Å². The van der Waals surface area contributed by atoms with Crippen molar-refractivity contribution in [3.63, 3.8) is 0 Å². The first-order valence-corrected chi connectivity index (χ1v) is 4.66. The predicted molar refractivity (Wildman–Crippen MR) is 47.3 cm³/mol. The lowest BCUT2D eigenvalue weighted by Gasteiger charge is -2.19. The van der Waals surface area contributed by atoms with Crippen molar-refractivity contribution in [2.45, 2.75) is 25.5 Å². The van der Waals surface area contributed by atoms with Crippen molar-refractivity contribution in [2.75, 3.05) is 6.61 Å². The summed E-state index contributed by atoms with van der Waals surface area (Å²) in [6.07, 6.45) is 0. The number of carbonyl (C=O) groups excluding carboxylic acids is 1. The monoisotopic (exact) mass is 181 g/mol. The molecule has 0 spiro atoms. The van der Waals surface area contributed by atoms with E-state index in [1.165, 1.54) is 17.7 Å². The third-order valence-electron chi connectivity index (χ3n) is 0.849. The quantitative estimate of drug-likeness (QED) is 0.407. The first-order chi connectivity index (χ1) is 4.98. The van der Waals surface area contributed by atoms with Crippen LogP contribution >= 0.6 is 22.4 Å². The average Bonchev–Trinajstić information content (AvgIpc) is 1.84. The van der Waals surface area contributed by atoms with E-state index in [1.807, 2.05) is 13.8 Å². The van der Waals surface area contributed by atoms with Crippen molar-refractivity contribution < 1.29 is 9.53 Å². The second kappa shape index (κ2) is 4.13. The predicted octanol–water partition coefficient (Wildman–Crippen LogP) is 1.91. The number of rotatable bonds is 4. The lowest BCUT2D eigenvalue weighted by atomic mass is 10.2. The molecule has 0 unspecified atom stereocenters. The van der Waals surface area contributed by atoms with Gasteiger partial charge in [0.15, 0.2) is 0 Å². The summed E-state index contributed by atoms with van der Waals surface area (Å²) < 4.78 is 11.5. The van der Waals surface area contributed by atoms with Crippen molar-refractivity contribution in [3.05, 3.63) is 0 Å². The van der Waals surface area contributed by atoms with E-state index >= 15 is 0 Å². The van der Waals surface area contributed by atoms with Gasteiger partial charge in [-0.2, -0.15) is 0 Å². The van der Waals surface area contributed by atoms with Crippen LogP contribution in [0, 0.1) is 0 Å². The first-order valence-electron chi connectivity index (χ1n) is 3.33. The van der Waals surface area contributed by atoms with Crippen LogP contribution in [0.1, 0.15) is 20.8 Å². The van der Waals surface area contributed by atoms with E-state index in [0.29, 0.717) is 6.61 Å². The minimum absolute atomic E-state index is 0.169. The van der Waals surface area contributed by atoms with Crippen molar-refractivity contribution in [3.8, 4) is 0 Å². The standard InChI is InChI=1S/C6H12O2S2/c1-5(7)8-4-6(2,3)10-9/h9H,4H2,1-3H3/i/hD. The van der Waals surface area contributed by atoms with Crippen molar-refractivity contribution in [1.29, 1.82) is 1.12 Å². The van der Waals surface area contributed by atoms with Gasteiger partial charge in [-0.25, -0.2) is 0 Å². The summed E-state index contributed by atoms with van der Waals surface area (Å²) in [6.45, 7) is 5.61. The SMILES string of the molecule is [2H]SSC(C)(C)COC(C)=O. The Morgan fingerprint density at radius 2 is 2.50 bits per heavy atom. The number of carbonyl (C=O) groups is 1. The zero-order chi connectivity index (χ0) is 8.91. The van der Waals surface area contributed by atoms with Crippen LogP contribution in [0.15, 0.2) is 0 Å². The molecule has 0 aliphatic rings. The Morgan fingerprint density at radius 3 is 2.90 bits per heavy atom. The fourth-order valence-electron chi connectivity index (χ4n) is 0.299. The molecule has 10 heavy (non-hydrogen) atoms. The number of ether oxygens (including phenoxy) is 1. The fraction of sp³-hybridized carbons (Fsp3) is 0.833. The molecule has 0 aliphatic heterocycles. The maximum absolute atomic E-state index is 10.4. The van der Waals surface area contributed by atoms with Gasteiger partial charge in [-0.15, -0.1) is 11.6 Å². The minimum Gasteiger partial charge on any atom is -0.464 e. The van der Waals surface area contributed by atoms with E-state index in [-0.39, 0.29) is 10.7 Å². The van der Waals surface area contributed by atoms with Crippen LogP contribution in [0.4, 0.5) is 0 Å². The lowest BCUT2D eigenvalue weighted by Crippen LogP contribution is -2.22. The highest BCUT2D eigenvalue weighted by molar-refractivity contribution is 8.69. The van der Waals surface area contributed by atoms with E-state index in [0.717, 1.165) is 11.6 Å². The number of hydrogen-bond donors (Lipinski definition) is 1. The molecule has 0 aromatic carbocycles. The summed E-state index contributed by atoms with van der Waals surface area (Å²) in [5, 5.41) is 0. The molecular formula is C6H12O2S2.